The minimum Gasteiger partial charge on any atom is -0.480 e. The zero-order valence-electron chi connectivity index (χ0n) is 21.6. The monoisotopic (exact) mass is 552 g/mol. The van der Waals surface area contributed by atoms with Crippen molar-refractivity contribution in [2.75, 3.05) is 26.1 Å². The van der Waals surface area contributed by atoms with Crippen molar-refractivity contribution in [3.05, 3.63) is 75.3 Å². The molecule has 1 amide bonds. The normalized spacial score (nSPS) is 17.1. The van der Waals surface area contributed by atoms with Crippen molar-refractivity contribution >= 4 is 40.8 Å². The maximum atomic E-state index is 14.0. The second-order valence-corrected chi connectivity index (χ2v) is 10.4. The molecule has 0 spiro atoms. The van der Waals surface area contributed by atoms with E-state index in [2.05, 4.69) is 9.97 Å². The topological polar surface area (TPSA) is 93.4 Å². The van der Waals surface area contributed by atoms with E-state index in [4.69, 9.17) is 32.9 Å². The molecule has 0 N–H and O–H groups in total. The number of ketones is 1. The first-order valence-corrected chi connectivity index (χ1v) is 12.8. The molecule has 1 aliphatic heterocycles. The largest absolute Gasteiger partial charge is 0.480 e. The number of Topliss-reactive ketones (excluding diaryl/α,β-unsaturated/α-hetero) is 1. The van der Waals surface area contributed by atoms with Gasteiger partial charge in [0, 0.05) is 42.8 Å². The molecule has 0 unspecified atom stereocenters. The Kier molecular flexibility index (Phi) is 6.75. The number of methoxy groups -OCH3 is 1. The molecule has 0 bridgehead atoms. The predicted molar refractivity (Wildman–Crippen MR) is 146 cm³/mol. The van der Waals surface area contributed by atoms with Gasteiger partial charge in [0.05, 0.1) is 24.1 Å². The molecule has 38 heavy (non-hydrogen) atoms. The van der Waals surface area contributed by atoms with Gasteiger partial charge in [0.2, 0.25) is 11.8 Å². The lowest BCUT2D eigenvalue weighted by Gasteiger charge is -2.30. The van der Waals surface area contributed by atoms with E-state index in [9.17, 15) is 9.59 Å². The fourth-order valence-electron chi connectivity index (χ4n) is 4.78. The number of rotatable bonds is 6. The van der Waals surface area contributed by atoms with Crippen molar-refractivity contribution in [1.29, 1.82) is 0 Å². The number of hydrogen-bond acceptors (Lipinski definition) is 7. The highest BCUT2D eigenvalue weighted by Crippen LogP contribution is 2.46. The van der Waals surface area contributed by atoms with Gasteiger partial charge >= 0.3 is 0 Å². The molecule has 1 aromatic carbocycles. The maximum Gasteiger partial charge on any atom is 0.279 e. The molecule has 1 atom stereocenters. The third-order valence-electron chi connectivity index (χ3n) is 6.47. The van der Waals surface area contributed by atoms with Crippen LogP contribution in [0.5, 0.6) is 5.88 Å². The minimum atomic E-state index is -0.635. The van der Waals surface area contributed by atoms with Crippen LogP contribution in [0.15, 0.2) is 53.3 Å². The van der Waals surface area contributed by atoms with E-state index in [-0.39, 0.29) is 29.6 Å². The Morgan fingerprint density at radius 2 is 1.82 bits per heavy atom. The molecule has 196 valence electrons. The number of carbonyl (C=O) groups is 2. The Hall–Kier alpha value is -3.69. The molecule has 0 saturated carbocycles. The van der Waals surface area contributed by atoms with E-state index in [1.54, 1.807) is 29.3 Å². The molecule has 2 aromatic heterocycles. The van der Waals surface area contributed by atoms with Crippen LogP contribution in [0.25, 0.3) is 11.4 Å². The summed E-state index contributed by atoms with van der Waals surface area (Å²) in [5.74, 6) is 0.730. The van der Waals surface area contributed by atoms with Crippen molar-refractivity contribution in [3.8, 4) is 17.3 Å². The van der Waals surface area contributed by atoms with Gasteiger partial charge in [0.1, 0.15) is 11.9 Å². The number of carbonyl (C=O) groups excluding carboxylic acids is 2. The van der Waals surface area contributed by atoms with Crippen LogP contribution in [0.1, 0.15) is 54.1 Å². The summed E-state index contributed by atoms with van der Waals surface area (Å²) in [6, 6.07) is 6.47. The lowest BCUT2D eigenvalue weighted by molar-refractivity contribution is -0.116. The lowest BCUT2D eigenvalue weighted by atomic mass is 10.0. The summed E-state index contributed by atoms with van der Waals surface area (Å²) in [7, 11) is 5.21. The number of amides is 1. The van der Waals surface area contributed by atoms with E-state index in [0.29, 0.717) is 39.0 Å². The molecule has 0 saturated heterocycles. The molecule has 11 heteroatoms. The summed E-state index contributed by atoms with van der Waals surface area (Å²) < 4.78 is 7.58. The SMILES string of the molecule is COc1nc(N(C)C)ncc1-c1nc2c(n1C(C)C)[C@H](c1ccc(Cl)cc1)N(C1=CC(Cl)=CCC1=O)C2=O. The van der Waals surface area contributed by atoms with E-state index < -0.39 is 11.9 Å². The summed E-state index contributed by atoms with van der Waals surface area (Å²) in [4.78, 5) is 44.1. The number of aromatic nitrogens is 4. The van der Waals surface area contributed by atoms with E-state index >= 15 is 0 Å². The van der Waals surface area contributed by atoms with Crippen LogP contribution < -0.4 is 9.64 Å². The molecule has 0 fully saturated rings. The first-order chi connectivity index (χ1) is 18.1. The number of fused-ring (bicyclic) bond motifs is 1. The van der Waals surface area contributed by atoms with Crippen molar-refractivity contribution in [3.63, 3.8) is 0 Å². The second kappa shape index (κ2) is 9.89. The van der Waals surface area contributed by atoms with Crippen molar-refractivity contribution in [2.24, 2.45) is 0 Å². The summed E-state index contributed by atoms with van der Waals surface area (Å²) >= 11 is 12.5. The van der Waals surface area contributed by atoms with Crippen molar-refractivity contribution in [2.45, 2.75) is 32.4 Å². The second-order valence-electron chi connectivity index (χ2n) is 9.50. The van der Waals surface area contributed by atoms with E-state index in [1.807, 2.05) is 44.6 Å². The molecular weight excluding hydrogens is 527 g/mol. The highest BCUT2D eigenvalue weighted by Gasteiger charge is 2.47. The number of allylic oxidation sites excluding steroid dienone is 4. The average Bonchev–Trinajstić information content (AvgIpc) is 3.40. The van der Waals surface area contributed by atoms with Gasteiger partial charge < -0.3 is 14.2 Å². The quantitative estimate of drug-likeness (QED) is 0.416. The summed E-state index contributed by atoms with van der Waals surface area (Å²) in [5, 5.41) is 0.965. The number of hydrogen-bond donors (Lipinski definition) is 0. The highest BCUT2D eigenvalue weighted by atomic mass is 35.5. The lowest BCUT2D eigenvalue weighted by Crippen LogP contribution is -2.34. The number of ether oxygens (including phenoxy) is 1. The standard InChI is InChI=1S/C27H26Cl2N6O3/c1-14(2)34-23-21(31-24(34)18-13-30-27(33(3)4)32-25(18)38-5)26(37)35(19-12-17(29)10-11-20(19)36)22(23)15-6-8-16(28)9-7-15/h6-10,12-14,22H,11H2,1-5H3/t22-/m0/s1. The van der Waals surface area contributed by atoms with Crippen molar-refractivity contribution < 1.29 is 14.3 Å². The van der Waals surface area contributed by atoms with Gasteiger partial charge in [-0.05, 0) is 37.6 Å². The van der Waals surface area contributed by atoms with Gasteiger partial charge in [-0.3, -0.25) is 14.5 Å². The molecule has 2 aliphatic rings. The van der Waals surface area contributed by atoms with E-state index in [1.165, 1.54) is 18.1 Å². The van der Waals surface area contributed by atoms with E-state index in [0.717, 1.165) is 5.56 Å². The molecular formula is C27H26Cl2N6O3. The predicted octanol–water partition coefficient (Wildman–Crippen LogP) is 5.17. The van der Waals surface area contributed by atoms with Crippen LogP contribution in [-0.4, -0.2) is 57.3 Å². The number of anilines is 1. The Balaban J connectivity index is 1.76. The highest BCUT2D eigenvalue weighted by molar-refractivity contribution is 6.32. The van der Waals surface area contributed by atoms with Crippen LogP contribution in [0.3, 0.4) is 0 Å². The summed E-state index contributed by atoms with van der Waals surface area (Å²) in [6.07, 6.45) is 4.93. The summed E-state index contributed by atoms with van der Waals surface area (Å²) in [6.45, 7) is 4.01. The van der Waals surface area contributed by atoms with Gasteiger partial charge in [0.25, 0.3) is 5.91 Å². The Labute approximate surface area is 230 Å². The molecule has 1 aliphatic carbocycles. The number of imidazole rings is 1. The Morgan fingerprint density at radius 1 is 1.11 bits per heavy atom. The fraction of sp³-hybridized carbons (Fsp3) is 0.296. The van der Waals surface area contributed by atoms with Crippen LogP contribution in [0, 0.1) is 0 Å². The zero-order chi connectivity index (χ0) is 27.3. The first-order valence-electron chi connectivity index (χ1n) is 12.0. The fourth-order valence-corrected chi connectivity index (χ4v) is 5.09. The Morgan fingerprint density at radius 3 is 2.45 bits per heavy atom. The van der Waals surface area contributed by atoms with Gasteiger partial charge in [0.15, 0.2) is 11.5 Å². The van der Waals surface area contributed by atoms with Crippen LogP contribution in [0.4, 0.5) is 5.95 Å². The molecule has 3 heterocycles. The first kappa shape index (κ1) is 25.9. The third kappa shape index (κ3) is 4.25. The number of benzene rings is 1. The van der Waals surface area contributed by atoms with Crippen molar-refractivity contribution in [1.82, 2.24) is 24.4 Å². The minimum absolute atomic E-state index is 0.110. The Bertz CT molecular complexity index is 1510. The number of nitrogens with zero attached hydrogens (tertiary/aromatic N) is 6. The smallest absolute Gasteiger partial charge is 0.279 e. The average molecular weight is 553 g/mol. The summed E-state index contributed by atoms with van der Waals surface area (Å²) in [5.41, 5.74) is 2.45. The van der Waals surface area contributed by atoms with Crippen LogP contribution >= 0.6 is 23.2 Å². The molecule has 0 radical (unpaired) electrons. The van der Waals surface area contributed by atoms with Crippen LogP contribution in [-0.2, 0) is 4.79 Å². The van der Waals surface area contributed by atoms with Gasteiger partial charge in [-0.1, -0.05) is 41.4 Å². The van der Waals surface area contributed by atoms with Gasteiger partial charge in [-0.25, -0.2) is 9.97 Å². The molecule has 9 nitrogen and oxygen atoms in total. The zero-order valence-corrected chi connectivity index (χ0v) is 23.1. The van der Waals surface area contributed by atoms with Gasteiger partial charge in [-0.2, -0.15) is 4.98 Å². The molecule has 3 aromatic rings. The maximum absolute atomic E-state index is 14.0. The van der Waals surface area contributed by atoms with Gasteiger partial charge in [-0.15, -0.1) is 0 Å². The molecule has 5 rings (SSSR count). The number of halogens is 2. The third-order valence-corrected chi connectivity index (χ3v) is 6.98. The van der Waals surface area contributed by atoms with Crippen LogP contribution in [0.2, 0.25) is 5.02 Å².